The van der Waals surface area contributed by atoms with Crippen molar-refractivity contribution >= 4 is 23.3 Å². The van der Waals surface area contributed by atoms with Crippen LogP contribution < -0.4 is 11.5 Å². The first-order valence-corrected chi connectivity index (χ1v) is 7.65. The van der Waals surface area contributed by atoms with Gasteiger partial charge in [-0.1, -0.05) is 29.8 Å². The Morgan fingerprint density at radius 3 is 2.78 bits per heavy atom. The fourth-order valence-corrected chi connectivity index (χ4v) is 3.23. The smallest absolute Gasteiger partial charge is 0.211 e. The summed E-state index contributed by atoms with van der Waals surface area (Å²) in [6.07, 6.45) is 3.17. The Bertz CT molecular complexity index is 795. The molecule has 0 bridgehead atoms. The maximum absolute atomic E-state index is 6.35. The third-order valence-electron chi connectivity index (χ3n) is 3.91. The monoisotopic (exact) mass is 328 g/mol. The maximum atomic E-state index is 6.35. The van der Waals surface area contributed by atoms with Crippen LogP contribution in [0.5, 0.6) is 0 Å². The van der Waals surface area contributed by atoms with Crippen molar-refractivity contribution in [1.29, 1.82) is 0 Å². The molecule has 23 heavy (non-hydrogen) atoms. The molecule has 1 aromatic carbocycles. The summed E-state index contributed by atoms with van der Waals surface area (Å²) in [7, 11) is 0. The molecule has 1 unspecified atom stereocenters. The number of guanidine groups is 1. The van der Waals surface area contributed by atoms with Crippen molar-refractivity contribution < 1.29 is 0 Å². The van der Waals surface area contributed by atoms with E-state index < -0.39 is 0 Å². The van der Waals surface area contributed by atoms with Crippen molar-refractivity contribution in [1.82, 2.24) is 10.2 Å². The molecule has 3 rings (SSSR count). The zero-order valence-electron chi connectivity index (χ0n) is 12.7. The molecule has 0 fully saturated rings. The van der Waals surface area contributed by atoms with Crippen LogP contribution in [0.25, 0.3) is 0 Å². The van der Waals surface area contributed by atoms with Gasteiger partial charge in [0.15, 0.2) is 0 Å². The Kier molecular flexibility index (Phi) is 4.25. The van der Waals surface area contributed by atoms with Crippen molar-refractivity contribution in [2.24, 2.45) is 21.7 Å². The Morgan fingerprint density at radius 1 is 1.26 bits per heavy atom. The molecule has 0 saturated heterocycles. The van der Waals surface area contributed by atoms with Gasteiger partial charge in [0.2, 0.25) is 5.96 Å². The lowest BCUT2D eigenvalue weighted by Crippen LogP contribution is -2.24. The van der Waals surface area contributed by atoms with Crippen LogP contribution in [0.15, 0.2) is 40.7 Å². The minimum absolute atomic E-state index is 0.0708. The lowest BCUT2D eigenvalue weighted by Gasteiger charge is -2.26. The molecule has 2 aromatic rings. The molecule has 4 N–H and O–H groups in total. The van der Waals surface area contributed by atoms with Crippen LogP contribution >= 0.6 is 11.6 Å². The zero-order chi connectivity index (χ0) is 16.4. The quantitative estimate of drug-likeness (QED) is 0.501. The summed E-state index contributed by atoms with van der Waals surface area (Å²) >= 11 is 6.35. The van der Waals surface area contributed by atoms with Gasteiger partial charge in [0.1, 0.15) is 0 Å². The topological polar surface area (TPSA) is 103 Å². The number of hydrogen-bond donors (Lipinski definition) is 2. The SMILES string of the molecule is Cc1cnnc2c1/C(=N/N=C(N)N)CC(c1ccccc1Cl)C2. The predicted molar refractivity (Wildman–Crippen MR) is 91.6 cm³/mol. The predicted octanol–water partition coefficient (Wildman–Crippen LogP) is 2.15. The third-order valence-corrected chi connectivity index (χ3v) is 4.26. The van der Waals surface area contributed by atoms with Gasteiger partial charge in [-0.2, -0.15) is 15.3 Å². The van der Waals surface area contributed by atoms with Gasteiger partial charge < -0.3 is 11.5 Å². The fourth-order valence-electron chi connectivity index (χ4n) is 2.94. The number of nitrogens with two attached hydrogens (primary N) is 2. The molecule has 0 spiro atoms. The van der Waals surface area contributed by atoms with Crippen molar-refractivity contribution in [2.45, 2.75) is 25.7 Å². The van der Waals surface area contributed by atoms with E-state index in [4.69, 9.17) is 23.1 Å². The van der Waals surface area contributed by atoms with Gasteiger partial charge in [0, 0.05) is 10.6 Å². The second-order valence-electron chi connectivity index (χ2n) is 5.55. The Morgan fingerprint density at radius 2 is 2.04 bits per heavy atom. The number of fused-ring (bicyclic) bond motifs is 1. The molecule has 1 aromatic heterocycles. The molecule has 0 radical (unpaired) electrons. The largest absolute Gasteiger partial charge is 0.369 e. The van der Waals surface area contributed by atoms with Gasteiger partial charge in [-0.05, 0) is 42.9 Å². The van der Waals surface area contributed by atoms with E-state index in [2.05, 4.69) is 20.4 Å². The Balaban J connectivity index is 2.08. The fraction of sp³-hybridized carbons (Fsp3) is 0.250. The summed E-state index contributed by atoms with van der Waals surface area (Å²) < 4.78 is 0. The first-order valence-electron chi connectivity index (χ1n) is 7.27. The molecular weight excluding hydrogens is 312 g/mol. The van der Waals surface area contributed by atoms with E-state index in [1.165, 1.54) is 0 Å². The van der Waals surface area contributed by atoms with Crippen LogP contribution in [0.3, 0.4) is 0 Å². The summed E-state index contributed by atoms with van der Waals surface area (Å²) in [5.41, 5.74) is 15.6. The first-order chi connectivity index (χ1) is 11.1. The van der Waals surface area contributed by atoms with Gasteiger partial charge in [0.05, 0.1) is 17.6 Å². The van der Waals surface area contributed by atoms with Gasteiger partial charge in [0.25, 0.3) is 0 Å². The van der Waals surface area contributed by atoms with Crippen LogP contribution in [-0.4, -0.2) is 21.9 Å². The maximum Gasteiger partial charge on any atom is 0.211 e. The average Bonchev–Trinajstić information content (AvgIpc) is 2.53. The lowest BCUT2D eigenvalue weighted by atomic mass is 9.80. The highest BCUT2D eigenvalue weighted by Gasteiger charge is 2.28. The highest BCUT2D eigenvalue weighted by molar-refractivity contribution is 6.31. The van der Waals surface area contributed by atoms with Gasteiger partial charge >= 0.3 is 0 Å². The molecule has 6 nitrogen and oxygen atoms in total. The van der Waals surface area contributed by atoms with E-state index in [9.17, 15) is 0 Å². The van der Waals surface area contributed by atoms with E-state index in [-0.39, 0.29) is 11.9 Å². The Labute approximate surface area is 139 Å². The highest BCUT2D eigenvalue weighted by Crippen LogP contribution is 2.36. The number of hydrogen-bond acceptors (Lipinski definition) is 4. The van der Waals surface area contributed by atoms with Crippen molar-refractivity contribution in [3.63, 3.8) is 0 Å². The van der Waals surface area contributed by atoms with Crippen LogP contribution in [0.2, 0.25) is 5.02 Å². The summed E-state index contributed by atoms with van der Waals surface area (Å²) in [5.74, 6) is 0.0961. The summed E-state index contributed by atoms with van der Waals surface area (Å²) in [6, 6.07) is 7.81. The molecule has 0 amide bonds. The number of benzene rings is 1. The van der Waals surface area contributed by atoms with Crippen LogP contribution in [0, 0.1) is 6.92 Å². The second-order valence-corrected chi connectivity index (χ2v) is 5.95. The van der Waals surface area contributed by atoms with Crippen LogP contribution in [-0.2, 0) is 6.42 Å². The van der Waals surface area contributed by atoms with Crippen LogP contribution in [0.1, 0.15) is 34.7 Å². The van der Waals surface area contributed by atoms with E-state index in [1.807, 2.05) is 31.2 Å². The first kappa shape index (κ1) is 15.4. The van der Waals surface area contributed by atoms with Crippen molar-refractivity contribution in [3.8, 4) is 0 Å². The second kappa shape index (κ2) is 6.34. The lowest BCUT2D eigenvalue weighted by molar-refractivity contribution is 0.665. The minimum Gasteiger partial charge on any atom is -0.369 e. The summed E-state index contributed by atoms with van der Waals surface area (Å²) in [5, 5.41) is 17.1. The van der Waals surface area contributed by atoms with Crippen LogP contribution in [0.4, 0.5) is 0 Å². The summed E-state index contributed by atoms with van der Waals surface area (Å²) in [6.45, 7) is 1.98. The molecule has 0 aliphatic heterocycles. The molecule has 1 aliphatic carbocycles. The number of rotatable bonds is 2. The zero-order valence-corrected chi connectivity index (χ0v) is 13.5. The molecule has 1 heterocycles. The number of nitrogens with zero attached hydrogens (tertiary/aromatic N) is 4. The van der Waals surface area contributed by atoms with Gasteiger partial charge in [-0.25, -0.2) is 0 Å². The van der Waals surface area contributed by atoms with Crippen molar-refractivity contribution in [2.75, 3.05) is 0 Å². The van der Waals surface area contributed by atoms with E-state index in [0.29, 0.717) is 6.42 Å². The average molecular weight is 329 g/mol. The third kappa shape index (κ3) is 3.17. The number of aromatic nitrogens is 2. The van der Waals surface area contributed by atoms with Gasteiger partial charge in [-0.3, -0.25) is 0 Å². The molecule has 7 heteroatoms. The minimum atomic E-state index is -0.0708. The molecule has 118 valence electrons. The molecule has 1 atom stereocenters. The Hall–Kier alpha value is -2.47. The normalized spacial score (nSPS) is 18.5. The highest BCUT2D eigenvalue weighted by atomic mass is 35.5. The standard InChI is InChI=1S/C16H17ClN6/c1-9-8-20-21-13-6-10(11-4-2-3-5-12(11)17)7-14(15(9)13)22-23-16(18)19/h2-5,8,10H,6-7H2,1H3,(H4,18,19,23)/b22-14+. The molecule has 1 aliphatic rings. The van der Waals surface area contributed by atoms with E-state index in [0.717, 1.165) is 39.5 Å². The molecular formula is C16H17ClN6. The summed E-state index contributed by atoms with van der Waals surface area (Å²) in [4.78, 5) is 0. The van der Waals surface area contributed by atoms with E-state index in [1.54, 1.807) is 6.20 Å². The van der Waals surface area contributed by atoms with E-state index >= 15 is 0 Å². The van der Waals surface area contributed by atoms with Gasteiger partial charge in [-0.15, -0.1) is 5.10 Å². The van der Waals surface area contributed by atoms with Crippen molar-refractivity contribution in [3.05, 3.63) is 57.9 Å². The number of aryl methyl sites for hydroxylation is 1. The molecule has 0 saturated carbocycles. The number of halogens is 1.